The summed E-state index contributed by atoms with van der Waals surface area (Å²) in [5, 5.41) is 25.1. The summed E-state index contributed by atoms with van der Waals surface area (Å²) < 4.78 is 19.5. The Morgan fingerprint density at radius 3 is 0.806 bits per heavy atom. The third kappa shape index (κ3) is 13.7. The van der Waals surface area contributed by atoms with Crippen LogP contribution < -0.4 is 0 Å². The first kappa shape index (κ1) is 63.6. The summed E-state index contributed by atoms with van der Waals surface area (Å²) in [6, 6.07) is 87.1. The topological polar surface area (TPSA) is 116 Å². The van der Waals surface area contributed by atoms with Gasteiger partial charge < -0.3 is 14.2 Å². The number of hydrogen-bond acceptors (Lipinski definition) is 9. The van der Waals surface area contributed by atoms with Crippen LogP contribution >= 0.6 is 0 Å². The highest BCUT2D eigenvalue weighted by Crippen LogP contribution is 2.40. The number of hydroxylamine groups is 6. The van der Waals surface area contributed by atoms with Crippen molar-refractivity contribution in [2.75, 3.05) is 39.6 Å². The van der Waals surface area contributed by atoms with Crippen molar-refractivity contribution < 1.29 is 43.1 Å². The van der Waals surface area contributed by atoms with Gasteiger partial charge in [0.2, 0.25) is 17.7 Å². The molecule has 0 aliphatic heterocycles. The molecule has 0 fully saturated rings. The van der Waals surface area contributed by atoms with Crippen molar-refractivity contribution in [1.82, 2.24) is 15.2 Å². The van der Waals surface area contributed by atoms with Crippen molar-refractivity contribution in [3.63, 3.8) is 0 Å². The smallest absolute Gasteiger partial charge is 0.248 e. The number of benzene rings is 15. The molecule has 0 heterocycles. The average Bonchev–Trinajstić information content (AvgIpc) is 0.761. The standard InChI is InChI=1S/C86H75N3O9/c1-86(56-93-47-44-77(90)87(96-53-59-14-5-2-6-15-59)50-71-35-32-68-29-26-62-20-11-23-65-38-41-74(71)83(68)80(62)65,57-94-48-45-78(91)88(97-54-60-16-7-3-8-17-60)51-72-36-33-69-30-27-63-21-12-24-66-39-42-75(72)84(69)81(63)66)58-95-49-46-79(92)89(98-55-61-18-9-4-10-19-61)52-73-37-34-70-31-28-64-22-13-25-67-40-43-76(73)85(70)82(64)67/h2-43H,44-58H2,1H3. The van der Waals surface area contributed by atoms with Gasteiger partial charge in [-0.1, -0.05) is 262 Å². The van der Waals surface area contributed by atoms with E-state index in [1.165, 1.54) is 63.7 Å². The molecule has 0 saturated carbocycles. The van der Waals surface area contributed by atoms with Crippen LogP contribution in [0.1, 0.15) is 59.6 Å². The van der Waals surface area contributed by atoms with E-state index in [-0.39, 0.29) is 116 Å². The third-order valence-electron chi connectivity index (χ3n) is 19.1. The van der Waals surface area contributed by atoms with Crippen LogP contribution in [-0.2, 0) is 82.6 Å². The zero-order valence-corrected chi connectivity index (χ0v) is 54.9. The summed E-state index contributed by atoms with van der Waals surface area (Å²) >= 11 is 0. The first-order chi connectivity index (χ1) is 48.2. The minimum absolute atomic E-state index is 0.0251. The molecule has 0 aliphatic rings. The number of amides is 3. The molecule has 15 rings (SSSR count). The van der Waals surface area contributed by atoms with Crippen LogP contribution in [0.25, 0.3) is 97.0 Å². The summed E-state index contributed by atoms with van der Waals surface area (Å²) in [6.07, 6.45) is 0.0752. The first-order valence-corrected chi connectivity index (χ1v) is 33.8. The minimum atomic E-state index is -0.809. The summed E-state index contributed by atoms with van der Waals surface area (Å²) in [5.41, 5.74) is 4.89. The van der Waals surface area contributed by atoms with Crippen LogP contribution in [0.4, 0.5) is 0 Å². The van der Waals surface area contributed by atoms with E-state index in [4.69, 9.17) is 28.7 Å². The highest BCUT2D eigenvalue weighted by Gasteiger charge is 2.29. The second-order valence-electron chi connectivity index (χ2n) is 26.0. The molecule has 15 aromatic carbocycles. The maximum absolute atomic E-state index is 14.6. The van der Waals surface area contributed by atoms with E-state index < -0.39 is 5.41 Å². The Hall–Kier alpha value is -10.4. The maximum atomic E-state index is 14.6. The van der Waals surface area contributed by atoms with Crippen LogP contribution in [0.3, 0.4) is 0 Å². The number of carbonyl (C=O) groups excluding carboxylic acids is 3. The van der Waals surface area contributed by atoms with Gasteiger partial charge in [-0.05, 0) is 130 Å². The Bertz CT molecular complexity index is 4710. The highest BCUT2D eigenvalue weighted by atomic mass is 16.7. The van der Waals surface area contributed by atoms with Gasteiger partial charge in [0, 0.05) is 5.41 Å². The van der Waals surface area contributed by atoms with Gasteiger partial charge in [0.15, 0.2) is 0 Å². The largest absolute Gasteiger partial charge is 0.380 e. The zero-order valence-electron chi connectivity index (χ0n) is 54.9. The second-order valence-corrected chi connectivity index (χ2v) is 26.0. The molecule has 0 unspecified atom stereocenters. The van der Waals surface area contributed by atoms with Gasteiger partial charge in [-0.2, -0.15) is 0 Å². The lowest BCUT2D eigenvalue weighted by molar-refractivity contribution is -0.197. The van der Waals surface area contributed by atoms with Crippen molar-refractivity contribution >= 4 is 115 Å². The number of ether oxygens (including phenoxy) is 3. The molecular weight excluding hydrogens is 1220 g/mol. The van der Waals surface area contributed by atoms with Gasteiger partial charge in [-0.25, -0.2) is 15.2 Å². The minimum Gasteiger partial charge on any atom is -0.380 e. The molecule has 12 nitrogen and oxygen atoms in total. The molecule has 15 aromatic rings. The SMILES string of the molecule is CC(COCCC(=O)N(Cc1ccc2ccc3cccc4ccc1c2c34)OCc1ccccc1)(COCCC(=O)N(Cc1ccc2ccc3cccc4ccc1c2c34)OCc1ccccc1)COCCC(=O)N(Cc1ccc2ccc3cccc4ccc1c2c34)OCc1ccccc1. The fraction of sp³-hybridized carbons (Fsp3) is 0.198. The molecule has 12 heteroatoms. The lowest BCUT2D eigenvalue weighted by atomic mass is 9.92. The Morgan fingerprint density at radius 1 is 0.286 bits per heavy atom. The average molecular weight is 1290 g/mol. The Kier molecular flexibility index (Phi) is 18.7. The molecule has 0 aromatic heterocycles. The van der Waals surface area contributed by atoms with Crippen LogP contribution in [0.15, 0.2) is 255 Å². The van der Waals surface area contributed by atoms with Crippen LogP contribution in [0.5, 0.6) is 0 Å². The molecule has 3 amide bonds. The molecule has 0 atom stereocenters. The fourth-order valence-electron chi connectivity index (χ4n) is 14.0. The van der Waals surface area contributed by atoms with Gasteiger partial charge in [-0.15, -0.1) is 0 Å². The molecule has 0 spiro atoms. The van der Waals surface area contributed by atoms with Crippen molar-refractivity contribution in [3.05, 3.63) is 288 Å². The van der Waals surface area contributed by atoms with E-state index in [0.717, 1.165) is 81.9 Å². The zero-order chi connectivity index (χ0) is 66.4. The van der Waals surface area contributed by atoms with Gasteiger partial charge in [0.25, 0.3) is 0 Å². The predicted octanol–water partition coefficient (Wildman–Crippen LogP) is 18.4. The summed E-state index contributed by atoms with van der Waals surface area (Å²) in [7, 11) is 0. The highest BCUT2D eigenvalue weighted by molar-refractivity contribution is 6.26. The number of nitrogens with zero attached hydrogens (tertiary/aromatic N) is 3. The number of rotatable bonds is 30. The van der Waals surface area contributed by atoms with Gasteiger partial charge in [-0.3, -0.25) is 28.9 Å². The first-order valence-electron chi connectivity index (χ1n) is 33.8. The Morgan fingerprint density at radius 2 is 0.531 bits per heavy atom. The van der Waals surface area contributed by atoms with E-state index in [1.54, 1.807) is 0 Å². The van der Waals surface area contributed by atoms with Crippen LogP contribution in [-0.4, -0.2) is 72.6 Å². The predicted molar refractivity (Wildman–Crippen MR) is 390 cm³/mol. The van der Waals surface area contributed by atoms with Gasteiger partial charge >= 0.3 is 0 Å². The van der Waals surface area contributed by atoms with Crippen molar-refractivity contribution in [3.8, 4) is 0 Å². The van der Waals surface area contributed by atoms with Crippen LogP contribution in [0.2, 0.25) is 0 Å². The summed E-state index contributed by atoms with van der Waals surface area (Å²) in [6.45, 7) is 3.85. The number of hydrogen-bond donors (Lipinski definition) is 0. The van der Waals surface area contributed by atoms with Crippen molar-refractivity contribution in [2.24, 2.45) is 5.41 Å². The van der Waals surface area contributed by atoms with E-state index in [1.807, 2.05) is 97.9 Å². The van der Waals surface area contributed by atoms with E-state index >= 15 is 0 Å². The molecule has 0 bridgehead atoms. The Labute approximate surface area is 568 Å². The summed E-state index contributed by atoms with van der Waals surface area (Å²) in [4.78, 5) is 63.0. The molecule has 0 aliphatic carbocycles. The lowest BCUT2D eigenvalue weighted by Crippen LogP contribution is -2.37. The fourth-order valence-corrected chi connectivity index (χ4v) is 14.0. The van der Waals surface area contributed by atoms with Crippen molar-refractivity contribution in [2.45, 2.75) is 65.6 Å². The second kappa shape index (κ2) is 28.7. The molecule has 98 heavy (non-hydrogen) atoms. The van der Waals surface area contributed by atoms with E-state index in [0.29, 0.717) is 0 Å². The molecule has 488 valence electrons. The molecule has 0 N–H and O–H groups in total. The maximum Gasteiger partial charge on any atom is 0.248 e. The molecule has 0 saturated heterocycles. The van der Waals surface area contributed by atoms with Crippen molar-refractivity contribution in [1.29, 1.82) is 0 Å². The summed E-state index contributed by atoms with van der Waals surface area (Å²) in [5.74, 6) is -0.708. The molecular formula is C86H75N3O9. The molecule has 0 radical (unpaired) electrons. The quantitative estimate of drug-likeness (QED) is 0.0246. The van der Waals surface area contributed by atoms with E-state index in [2.05, 4.69) is 164 Å². The third-order valence-corrected chi connectivity index (χ3v) is 19.1. The van der Waals surface area contributed by atoms with Crippen LogP contribution in [0, 0.1) is 5.41 Å². The lowest BCUT2D eigenvalue weighted by Gasteiger charge is -2.30. The van der Waals surface area contributed by atoms with Gasteiger partial charge in [0.05, 0.1) is 78.5 Å². The Balaban J connectivity index is 0.647. The normalized spacial score (nSPS) is 12.1. The number of carbonyl (C=O) groups is 3. The monoisotopic (exact) mass is 1290 g/mol. The van der Waals surface area contributed by atoms with Gasteiger partial charge in [0.1, 0.15) is 19.8 Å². The van der Waals surface area contributed by atoms with E-state index in [9.17, 15) is 14.4 Å².